The number of ether oxygens (including phenoxy) is 10. The number of nitrogens with two attached hydrogens (primary N) is 1. The van der Waals surface area contributed by atoms with Gasteiger partial charge < -0.3 is 63.5 Å². The molecule has 0 bridgehead atoms. The van der Waals surface area contributed by atoms with Gasteiger partial charge in [-0.2, -0.15) is 0 Å². The molecule has 396 valence electrons. The number of rotatable bonds is 39. The van der Waals surface area contributed by atoms with Crippen LogP contribution < -0.4 is 15.8 Å². The topological polar surface area (TPSA) is 215 Å². The van der Waals surface area contributed by atoms with Crippen LogP contribution in [0.15, 0.2) is 97.2 Å². The molecule has 0 aliphatic heterocycles. The van der Waals surface area contributed by atoms with Gasteiger partial charge in [-0.1, -0.05) is 91.0 Å². The van der Waals surface area contributed by atoms with E-state index >= 15 is 0 Å². The van der Waals surface area contributed by atoms with Crippen molar-refractivity contribution in [2.45, 2.75) is 57.7 Å². The van der Waals surface area contributed by atoms with Gasteiger partial charge in [0.2, 0.25) is 0 Å². The first-order chi connectivity index (χ1) is 35.9. The van der Waals surface area contributed by atoms with Crippen LogP contribution in [0, 0.1) is 0 Å². The molecular weight excluding hydrogens is 939 g/mol. The number of benzene rings is 4. The number of alkyl carbamates (subject to hydrolysis) is 1. The number of hydrogen-bond donors (Lipinski definition) is 3. The fourth-order valence-corrected chi connectivity index (χ4v) is 8.15. The Bertz CT molecular complexity index is 2300. The Hall–Kier alpha value is -5.80. The average molecular weight is 1010 g/mol. The van der Waals surface area contributed by atoms with E-state index in [1.54, 1.807) is 0 Å². The van der Waals surface area contributed by atoms with E-state index in [2.05, 4.69) is 46.8 Å². The molecule has 6 rings (SSSR count). The third kappa shape index (κ3) is 19.9. The quantitative estimate of drug-likeness (QED) is 0.0359. The number of nitrogens with one attached hydrogen (secondary N) is 1. The van der Waals surface area contributed by atoms with E-state index in [-0.39, 0.29) is 18.9 Å². The first-order valence-corrected chi connectivity index (χ1v) is 25.3. The Balaban J connectivity index is 0.766. The van der Waals surface area contributed by atoms with Crippen LogP contribution in [0.1, 0.15) is 53.6 Å². The average Bonchev–Trinajstić information content (AvgIpc) is 4.00. The summed E-state index contributed by atoms with van der Waals surface area (Å²) >= 11 is 0. The minimum absolute atomic E-state index is 0.104. The van der Waals surface area contributed by atoms with Gasteiger partial charge in [0.15, 0.2) is 0 Å². The zero-order valence-corrected chi connectivity index (χ0v) is 42.1. The second-order valence-electron chi connectivity index (χ2n) is 17.1. The Morgan fingerprint density at radius 3 is 1.75 bits per heavy atom. The summed E-state index contributed by atoms with van der Waals surface area (Å²) in [6.07, 6.45) is 3.76. The maximum atomic E-state index is 12.9. The molecule has 18 nitrogen and oxygen atoms in total. The van der Waals surface area contributed by atoms with E-state index in [1.165, 1.54) is 0 Å². The highest BCUT2D eigenvalue weighted by Gasteiger charge is 2.30. The third-order valence-corrected chi connectivity index (χ3v) is 11.8. The number of carbonyl (C=O) groups is 2. The molecule has 4 aromatic carbocycles. The number of hydrogen-bond acceptors (Lipinski definition) is 15. The van der Waals surface area contributed by atoms with Crippen LogP contribution in [-0.2, 0) is 73.4 Å². The summed E-state index contributed by atoms with van der Waals surface area (Å²) in [5.74, 6) is -0.452. The summed E-state index contributed by atoms with van der Waals surface area (Å²) in [6, 6.07) is 28.9. The summed E-state index contributed by atoms with van der Waals surface area (Å²) < 4.78 is 57.5. The second-order valence-corrected chi connectivity index (χ2v) is 17.1. The summed E-state index contributed by atoms with van der Waals surface area (Å²) in [5, 5.41) is 21.0. The van der Waals surface area contributed by atoms with Crippen LogP contribution in [0.5, 0.6) is 5.75 Å². The fraction of sp³-hybridized carbons (Fsp3) is 0.491. The maximum absolute atomic E-state index is 12.9. The number of carboxylic acid groups (broad SMARTS) is 1. The van der Waals surface area contributed by atoms with Crippen LogP contribution in [0.3, 0.4) is 0 Å². The van der Waals surface area contributed by atoms with Crippen LogP contribution in [0.4, 0.5) is 4.79 Å². The minimum atomic E-state index is -1.16. The monoisotopic (exact) mass is 1010 g/mol. The molecule has 1 aromatic heterocycles. The lowest BCUT2D eigenvalue weighted by atomic mass is 9.96. The van der Waals surface area contributed by atoms with Crippen molar-refractivity contribution in [2.75, 3.05) is 119 Å². The molecule has 1 aliphatic rings. The van der Waals surface area contributed by atoms with Gasteiger partial charge in [-0.05, 0) is 75.9 Å². The van der Waals surface area contributed by atoms with Crippen LogP contribution in [-0.4, -0.2) is 157 Å². The number of carbonyl (C=O) groups excluding carboxylic acids is 1. The van der Waals surface area contributed by atoms with Crippen molar-refractivity contribution < 1.29 is 62.1 Å². The van der Waals surface area contributed by atoms with Crippen molar-refractivity contribution in [3.05, 3.63) is 125 Å². The molecule has 5 aromatic rings. The van der Waals surface area contributed by atoms with Gasteiger partial charge in [-0.3, -0.25) is 4.68 Å². The predicted molar refractivity (Wildman–Crippen MR) is 274 cm³/mol. The highest BCUT2D eigenvalue weighted by atomic mass is 16.6. The van der Waals surface area contributed by atoms with Gasteiger partial charge in [-0.25, -0.2) is 9.59 Å². The molecule has 0 unspecified atom stereocenters. The van der Waals surface area contributed by atoms with Crippen molar-refractivity contribution in [3.8, 4) is 28.0 Å². The van der Waals surface area contributed by atoms with Gasteiger partial charge in [0.25, 0.3) is 0 Å². The molecule has 4 N–H and O–H groups in total. The Morgan fingerprint density at radius 1 is 0.658 bits per heavy atom. The van der Waals surface area contributed by atoms with E-state index in [0.29, 0.717) is 125 Å². The minimum Gasteiger partial charge on any atom is -0.494 e. The smallest absolute Gasteiger partial charge is 0.407 e. The van der Waals surface area contributed by atoms with Crippen molar-refractivity contribution >= 4 is 12.1 Å². The summed E-state index contributed by atoms with van der Waals surface area (Å²) in [5.41, 5.74) is 14.5. The van der Waals surface area contributed by atoms with E-state index in [9.17, 15) is 14.7 Å². The van der Waals surface area contributed by atoms with Gasteiger partial charge >= 0.3 is 12.1 Å². The number of aryl methyl sites for hydroxylation is 2. The molecule has 1 heterocycles. The summed E-state index contributed by atoms with van der Waals surface area (Å²) in [4.78, 5) is 25.2. The van der Waals surface area contributed by atoms with Crippen molar-refractivity contribution in [1.29, 1.82) is 0 Å². The van der Waals surface area contributed by atoms with Gasteiger partial charge in [0.1, 0.15) is 24.1 Å². The molecular formula is C55H73N5O13. The number of fused-ring (bicyclic) bond motifs is 3. The van der Waals surface area contributed by atoms with Crippen molar-refractivity contribution in [2.24, 2.45) is 5.73 Å². The molecule has 0 radical (unpaired) electrons. The molecule has 1 atom stereocenters. The van der Waals surface area contributed by atoms with Crippen molar-refractivity contribution in [1.82, 2.24) is 20.3 Å². The van der Waals surface area contributed by atoms with Gasteiger partial charge in [0, 0.05) is 25.4 Å². The number of nitrogens with zero attached hydrogens (tertiary/aromatic N) is 3. The lowest BCUT2D eigenvalue weighted by Crippen LogP contribution is -2.42. The predicted octanol–water partition coefficient (Wildman–Crippen LogP) is 6.49. The number of amides is 1. The summed E-state index contributed by atoms with van der Waals surface area (Å²) in [7, 11) is 0. The number of unbranched alkanes of at least 4 members (excludes halogenated alkanes) is 1. The SMILES string of the molecule is CCc1cc(OCCCCn2cc(COCCOCCOCCOCCOCCOCCOCCOCCN)nn2)ccc1-c1ccc(C[C@H](NC(=O)OCC2c3ccccc3-c3ccccc32)C(=O)O)cc1. The third-order valence-electron chi connectivity index (χ3n) is 11.8. The van der Waals surface area contributed by atoms with E-state index in [4.69, 9.17) is 53.1 Å². The molecule has 0 spiro atoms. The number of carboxylic acids is 1. The maximum Gasteiger partial charge on any atom is 0.407 e. The van der Waals surface area contributed by atoms with Crippen LogP contribution >= 0.6 is 0 Å². The standard InChI is InChI=1S/C55H73N5O13/c1-2-43-38-46(17-18-47(43)44-15-13-42(14-16-44)37-53(54(61)62)57-55(63)73-41-52-50-11-5-3-9-48(50)49-10-4-6-12-51(49)52)72-21-8-7-20-60-39-45(58-59-60)40-71-36-35-70-34-33-69-32-31-68-30-29-67-28-27-66-26-25-65-24-23-64-22-19-56/h3-6,9-18,38-39,52-53H,2,7-8,19-37,40-41,56H2,1H3,(H,57,63)(H,61,62)/t53-/m0/s1. The van der Waals surface area contributed by atoms with Crippen LogP contribution in [0.2, 0.25) is 0 Å². The second kappa shape index (κ2) is 33.1. The zero-order valence-electron chi connectivity index (χ0n) is 42.1. The zero-order chi connectivity index (χ0) is 51.1. The largest absolute Gasteiger partial charge is 0.494 e. The lowest BCUT2D eigenvalue weighted by Gasteiger charge is -2.18. The number of aromatic nitrogens is 3. The first-order valence-electron chi connectivity index (χ1n) is 25.3. The first kappa shape index (κ1) is 56.5. The van der Waals surface area contributed by atoms with E-state index in [1.807, 2.05) is 77.6 Å². The lowest BCUT2D eigenvalue weighted by molar-refractivity contribution is -0.139. The van der Waals surface area contributed by atoms with Gasteiger partial charge in [-0.15, -0.1) is 5.10 Å². The van der Waals surface area contributed by atoms with E-state index < -0.39 is 18.1 Å². The highest BCUT2D eigenvalue weighted by molar-refractivity contribution is 5.81. The van der Waals surface area contributed by atoms with Gasteiger partial charge in [0.05, 0.1) is 119 Å². The molecule has 1 aliphatic carbocycles. The van der Waals surface area contributed by atoms with E-state index in [0.717, 1.165) is 75.2 Å². The molecule has 0 saturated heterocycles. The van der Waals surface area contributed by atoms with Crippen molar-refractivity contribution in [3.63, 3.8) is 0 Å². The Kier molecular flexibility index (Phi) is 25.6. The Labute approximate surface area is 428 Å². The fourth-order valence-electron chi connectivity index (χ4n) is 8.15. The Morgan fingerprint density at radius 2 is 1.21 bits per heavy atom. The molecule has 1 amide bonds. The molecule has 18 heteroatoms. The number of aliphatic carboxylic acids is 1. The molecule has 73 heavy (non-hydrogen) atoms. The highest BCUT2D eigenvalue weighted by Crippen LogP contribution is 2.44. The molecule has 0 saturated carbocycles. The molecule has 0 fully saturated rings. The normalized spacial score (nSPS) is 12.4. The van der Waals surface area contributed by atoms with Crippen LogP contribution in [0.25, 0.3) is 22.3 Å². The summed E-state index contributed by atoms with van der Waals surface area (Å²) in [6.45, 7) is 11.8.